The van der Waals surface area contributed by atoms with Crippen molar-refractivity contribution in [2.45, 2.75) is 19.9 Å². The zero-order chi connectivity index (χ0) is 10.6. The summed E-state index contributed by atoms with van der Waals surface area (Å²) in [6, 6.07) is 8.00. The lowest BCUT2D eigenvalue weighted by Crippen LogP contribution is -2.27. The maximum atomic E-state index is 11.1. The van der Waals surface area contributed by atoms with Crippen LogP contribution in [0.1, 0.15) is 24.1 Å². The molecule has 0 unspecified atom stereocenters. The van der Waals surface area contributed by atoms with E-state index in [9.17, 15) is 4.79 Å². The van der Waals surface area contributed by atoms with Crippen LogP contribution in [0.25, 0.3) is 0 Å². The molecule has 0 radical (unpaired) electrons. The number of carbonyl (C=O) groups excluding carboxylic acids is 1. The summed E-state index contributed by atoms with van der Waals surface area (Å²) in [5, 5.41) is 2.82. The molecule has 1 N–H and O–H groups in total. The maximum Gasteiger partial charge on any atom is 0.235 e. The van der Waals surface area contributed by atoms with E-state index in [1.54, 1.807) is 0 Å². The van der Waals surface area contributed by atoms with Crippen LogP contribution in [-0.2, 0) is 4.79 Å². The van der Waals surface area contributed by atoms with Crippen LogP contribution >= 0.6 is 11.6 Å². The molecule has 1 aromatic carbocycles. The van der Waals surface area contributed by atoms with E-state index in [0.717, 1.165) is 5.56 Å². The van der Waals surface area contributed by atoms with Crippen LogP contribution in [0.15, 0.2) is 24.3 Å². The zero-order valence-corrected chi connectivity index (χ0v) is 9.14. The van der Waals surface area contributed by atoms with E-state index in [4.69, 9.17) is 11.6 Å². The third-order valence-electron chi connectivity index (χ3n) is 2.15. The standard InChI is InChI=1S/C11H14ClNO/c1-8-5-3-4-6-10(8)9(2)13-11(14)7-12/h3-6,9H,7H2,1-2H3,(H,13,14)/t9-/m0/s1. The lowest BCUT2D eigenvalue weighted by molar-refractivity contribution is -0.119. The SMILES string of the molecule is Cc1ccccc1[C@H](C)NC(=O)CCl. The largest absolute Gasteiger partial charge is 0.349 e. The van der Waals surface area contributed by atoms with E-state index in [1.165, 1.54) is 5.56 Å². The van der Waals surface area contributed by atoms with Crippen LogP contribution in [0.4, 0.5) is 0 Å². The number of amides is 1. The molecule has 0 fully saturated rings. The molecule has 0 aliphatic heterocycles. The minimum atomic E-state index is -0.137. The summed E-state index contributed by atoms with van der Waals surface area (Å²) in [5.41, 5.74) is 2.31. The summed E-state index contributed by atoms with van der Waals surface area (Å²) in [6.07, 6.45) is 0. The van der Waals surface area contributed by atoms with E-state index in [-0.39, 0.29) is 17.8 Å². The quantitative estimate of drug-likeness (QED) is 0.765. The van der Waals surface area contributed by atoms with Crippen LogP contribution in [0.5, 0.6) is 0 Å². The predicted molar refractivity (Wildman–Crippen MR) is 58.5 cm³/mol. The fourth-order valence-electron chi connectivity index (χ4n) is 1.43. The molecule has 1 aromatic rings. The Kier molecular flexibility index (Phi) is 3.96. The van der Waals surface area contributed by atoms with Crippen molar-refractivity contribution in [2.75, 3.05) is 5.88 Å². The van der Waals surface area contributed by atoms with Crippen molar-refractivity contribution in [1.29, 1.82) is 0 Å². The molecule has 0 saturated carbocycles. The summed E-state index contributed by atoms with van der Waals surface area (Å²) in [4.78, 5) is 11.1. The van der Waals surface area contributed by atoms with Crippen LogP contribution < -0.4 is 5.32 Å². The number of nitrogens with one attached hydrogen (secondary N) is 1. The topological polar surface area (TPSA) is 29.1 Å². The van der Waals surface area contributed by atoms with E-state index in [2.05, 4.69) is 5.32 Å². The molecule has 1 rings (SSSR count). The van der Waals surface area contributed by atoms with Gasteiger partial charge in [0.2, 0.25) is 5.91 Å². The smallest absolute Gasteiger partial charge is 0.235 e. The van der Waals surface area contributed by atoms with Gasteiger partial charge in [0.15, 0.2) is 0 Å². The van der Waals surface area contributed by atoms with Crippen molar-refractivity contribution in [3.8, 4) is 0 Å². The van der Waals surface area contributed by atoms with Gasteiger partial charge in [0.25, 0.3) is 0 Å². The highest BCUT2D eigenvalue weighted by Crippen LogP contribution is 2.16. The monoisotopic (exact) mass is 211 g/mol. The third kappa shape index (κ3) is 2.74. The minimum absolute atomic E-state index is 0.0101. The van der Waals surface area contributed by atoms with E-state index < -0.39 is 0 Å². The normalized spacial score (nSPS) is 12.2. The fraction of sp³-hybridized carbons (Fsp3) is 0.364. The Morgan fingerprint density at radius 2 is 2.14 bits per heavy atom. The molecular formula is C11H14ClNO. The van der Waals surface area contributed by atoms with Crippen molar-refractivity contribution in [1.82, 2.24) is 5.32 Å². The molecule has 1 amide bonds. The number of rotatable bonds is 3. The Labute approximate surface area is 89.3 Å². The Morgan fingerprint density at radius 3 is 2.71 bits per heavy atom. The summed E-state index contributed by atoms with van der Waals surface area (Å²) in [7, 11) is 0. The Bertz CT molecular complexity index is 325. The Morgan fingerprint density at radius 1 is 1.50 bits per heavy atom. The number of hydrogen-bond donors (Lipinski definition) is 1. The molecule has 0 bridgehead atoms. The van der Waals surface area contributed by atoms with Gasteiger partial charge in [-0.2, -0.15) is 0 Å². The first-order valence-electron chi connectivity index (χ1n) is 4.56. The molecular weight excluding hydrogens is 198 g/mol. The van der Waals surface area contributed by atoms with Crippen molar-refractivity contribution < 1.29 is 4.79 Å². The number of hydrogen-bond acceptors (Lipinski definition) is 1. The predicted octanol–water partition coefficient (Wildman–Crippen LogP) is 2.41. The Hall–Kier alpha value is -1.02. The van der Waals surface area contributed by atoms with Crippen LogP contribution in [-0.4, -0.2) is 11.8 Å². The number of aryl methyl sites for hydroxylation is 1. The molecule has 0 aromatic heterocycles. The summed E-state index contributed by atoms with van der Waals surface area (Å²) in [6.45, 7) is 3.98. The van der Waals surface area contributed by atoms with E-state index in [0.29, 0.717) is 0 Å². The van der Waals surface area contributed by atoms with Gasteiger partial charge >= 0.3 is 0 Å². The lowest BCUT2D eigenvalue weighted by atomic mass is 10.0. The molecule has 76 valence electrons. The van der Waals surface area contributed by atoms with Gasteiger partial charge < -0.3 is 5.32 Å². The third-order valence-corrected chi connectivity index (χ3v) is 2.40. The molecule has 2 nitrogen and oxygen atoms in total. The molecule has 1 atom stereocenters. The molecule has 0 saturated heterocycles. The number of alkyl halides is 1. The zero-order valence-electron chi connectivity index (χ0n) is 8.38. The van der Waals surface area contributed by atoms with Crippen LogP contribution in [0.3, 0.4) is 0 Å². The Balaban J connectivity index is 2.74. The van der Waals surface area contributed by atoms with Gasteiger partial charge in [-0.1, -0.05) is 24.3 Å². The summed E-state index contributed by atoms with van der Waals surface area (Å²) < 4.78 is 0. The minimum Gasteiger partial charge on any atom is -0.349 e. The first-order chi connectivity index (χ1) is 6.65. The van der Waals surface area contributed by atoms with Crippen molar-refractivity contribution in [3.63, 3.8) is 0 Å². The van der Waals surface area contributed by atoms with E-state index >= 15 is 0 Å². The molecule has 0 aliphatic carbocycles. The second-order valence-electron chi connectivity index (χ2n) is 3.28. The number of carbonyl (C=O) groups is 1. The highest BCUT2D eigenvalue weighted by Gasteiger charge is 2.09. The van der Waals surface area contributed by atoms with Crippen molar-refractivity contribution in [2.24, 2.45) is 0 Å². The first-order valence-corrected chi connectivity index (χ1v) is 5.09. The lowest BCUT2D eigenvalue weighted by Gasteiger charge is -2.15. The van der Waals surface area contributed by atoms with Gasteiger partial charge in [0.1, 0.15) is 5.88 Å². The number of halogens is 1. The summed E-state index contributed by atoms with van der Waals surface area (Å²) in [5.74, 6) is -0.127. The van der Waals surface area contributed by atoms with Gasteiger partial charge in [-0.3, -0.25) is 4.79 Å². The van der Waals surface area contributed by atoms with Gasteiger partial charge in [-0.05, 0) is 25.0 Å². The average molecular weight is 212 g/mol. The first kappa shape index (κ1) is 11.1. The molecule has 14 heavy (non-hydrogen) atoms. The van der Waals surface area contributed by atoms with Gasteiger partial charge in [0.05, 0.1) is 6.04 Å². The average Bonchev–Trinajstić information content (AvgIpc) is 2.18. The second kappa shape index (κ2) is 5.01. The molecule has 0 heterocycles. The second-order valence-corrected chi connectivity index (χ2v) is 3.55. The van der Waals surface area contributed by atoms with Crippen molar-refractivity contribution >= 4 is 17.5 Å². The van der Waals surface area contributed by atoms with Gasteiger partial charge in [0, 0.05) is 0 Å². The molecule has 0 spiro atoms. The van der Waals surface area contributed by atoms with Crippen molar-refractivity contribution in [3.05, 3.63) is 35.4 Å². The molecule has 3 heteroatoms. The molecule has 0 aliphatic rings. The highest BCUT2D eigenvalue weighted by atomic mass is 35.5. The highest BCUT2D eigenvalue weighted by molar-refractivity contribution is 6.27. The summed E-state index contributed by atoms with van der Waals surface area (Å²) >= 11 is 5.41. The van der Waals surface area contributed by atoms with Gasteiger partial charge in [-0.25, -0.2) is 0 Å². The maximum absolute atomic E-state index is 11.1. The number of benzene rings is 1. The van der Waals surface area contributed by atoms with E-state index in [1.807, 2.05) is 38.1 Å². The van der Waals surface area contributed by atoms with Gasteiger partial charge in [-0.15, -0.1) is 11.6 Å². The van der Waals surface area contributed by atoms with Crippen LogP contribution in [0.2, 0.25) is 0 Å². The van der Waals surface area contributed by atoms with Crippen LogP contribution in [0, 0.1) is 6.92 Å². The fourth-order valence-corrected chi connectivity index (χ4v) is 1.51.